The first kappa shape index (κ1) is 96.9. The first-order valence-corrected chi connectivity index (χ1v) is 50.0. The maximum atomic E-state index is 13.2. The molecule has 22 rings (SSSR count). The van der Waals surface area contributed by atoms with Crippen LogP contribution in [0.4, 0.5) is 4.39 Å². The molecule has 4 aliphatic rings. The number of halogens is 6. The third-order valence-electron chi connectivity index (χ3n) is 26.9. The van der Waals surface area contributed by atoms with Crippen LogP contribution in [0.1, 0.15) is 59.0 Å². The zero-order valence-corrected chi connectivity index (χ0v) is 82.7. The van der Waals surface area contributed by atoms with E-state index in [1.165, 1.54) is 23.3 Å². The molecule has 26 heteroatoms. The molecule has 18 aromatic rings. The Morgan fingerprint density at radius 1 is 0.275 bits per heavy atom. The molecule has 12 heterocycles. The van der Waals surface area contributed by atoms with Gasteiger partial charge in [0.2, 0.25) is 17.7 Å². The minimum atomic E-state index is -0.291. The topological polar surface area (TPSA) is 163 Å². The number of amides is 4. The van der Waals surface area contributed by atoms with Crippen molar-refractivity contribution in [2.24, 2.45) is 0 Å². The third-order valence-corrected chi connectivity index (χ3v) is 28.2. The van der Waals surface area contributed by atoms with Crippen LogP contribution in [-0.2, 0) is 47.0 Å². The monoisotopic (exact) mass is 1980 g/mol. The van der Waals surface area contributed by atoms with E-state index in [4.69, 9.17) is 77.9 Å². The van der Waals surface area contributed by atoms with Gasteiger partial charge in [-0.05, 0) is 171 Å². The second kappa shape index (κ2) is 44.9. The van der Waals surface area contributed by atoms with Crippen molar-refractivity contribution >= 4 is 104 Å². The molecule has 716 valence electrons. The van der Waals surface area contributed by atoms with Crippen LogP contribution < -0.4 is 0 Å². The van der Waals surface area contributed by atoms with Crippen LogP contribution in [-0.4, -0.2) is 205 Å². The molecule has 4 amide bonds. The Morgan fingerprint density at radius 3 is 0.817 bits per heavy atom. The quantitative estimate of drug-likeness (QED) is 0.0710. The van der Waals surface area contributed by atoms with Gasteiger partial charge in [-0.3, -0.25) is 38.8 Å². The summed E-state index contributed by atoms with van der Waals surface area (Å²) in [5.74, 6) is 0.151. The predicted octanol–water partition coefficient (Wildman–Crippen LogP) is 23.6. The molecule has 4 fully saturated rings. The second-order valence-corrected chi connectivity index (χ2v) is 38.2. The lowest BCUT2D eigenvalue weighted by Gasteiger charge is -2.35. The van der Waals surface area contributed by atoms with Gasteiger partial charge in [-0.25, -0.2) is 24.3 Å². The van der Waals surface area contributed by atoms with Crippen molar-refractivity contribution in [3.63, 3.8) is 0 Å². The van der Waals surface area contributed by atoms with Gasteiger partial charge in [0.05, 0.1) is 62.6 Å². The molecule has 0 aliphatic carbocycles. The van der Waals surface area contributed by atoms with Gasteiger partial charge in [-0.15, -0.1) is 0 Å². The Hall–Kier alpha value is -13.9. The maximum absolute atomic E-state index is 13.2. The smallest absolute Gasteiger partial charge is 0.255 e. The lowest BCUT2D eigenvalue weighted by molar-refractivity contribution is -0.133. The minimum absolute atomic E-state index is 0.0144. The number of pyridine rings is 4. The first-order valence-electron chi connectivity index (χ1n) is 48.1. The summed E-state index contributed by atoms with van der Waals surface area (Å²) in [6.45, 7) is 18.7. The highest BCUT2D eigenvalue weighted by atomic mass is 35.5. The molecule has 20 nitrogen and oxygen atoms in total. The molecule has 0 N–H and O–H groups in total. The van der Waals surface area contributed by atoms with E-state index in [0.717, 1.165) is 221 Å². The Bertz CT molecular complexity index is 7450. The number of carbonyl (C=O) groups excluding carboxylic acids is 4. The van der Waals surface area contributed by atoms with Crippen molar-refractivity contribution in [1.82, 2.24) is 76.7 Å². The summed E-state index contributed by atoms with van der Waals surface area (Å²) >= 11 is 30.9. The van der Waals surface area contributed by atoms with Crippen molar-refractivity contribution < 1.29 is 23.6 Å². The van der Waals surface area contributed by atoms with Crippen molar-refractivity contribution in [1.29, 1.82) is 0 Å². The van der Waals surface area contributed by atoms with E-state index >= 15 is 0 Å². The summed E-state index contributed by atoms with van der Waals surface area (Å²) in [5.41, 5.74) is 26.8. The molecule has 0 unspecified atom stereocenters. The fraction of sp³-hybridized carbons (Fsp3) is 0.207. The number of piperazine rings is 4. The minimum Gasteiger partial charge on any atom is -0.340 e. The highest BCUT2D eigenvalue weighted by molar-refractivity contribution is 6.34. The average Bonchev–Trinajstić information content (AvgIpc) is 1.63. The third kappa shape index (κ3) is 23.0. The Balaban J connectivity index is 0.000000121. The normalized spacial score (nSPS) is 14.4. The lowest BCUT2D eigenvalue weighted by atomic mass is 10.1. The number of carbonyl (C=O) groups is 4. The van der Waals surface area contributed by atoms with E-state index in [2.05, 4.69) is 195 Å². The summed E-state index contributed by atoms with van der Waals surface area (Å²) < 4.78 is 22.0. The largest absolute Gasteiger partial charge is 0.340 e. The van der Waals surface area contributed by atoms with E-state index < -0.39 is 0 Å². The van der Waals surface area contributed by atoms with Gasteiger partial charge < -0.3 is 37.2 Å². The Kier molecular flexibility index (Phi) is 30.6. The van der Waals surface area contributed by atoms with Gasteiger partial charge in [0, 0.05) is 211 Å². The molecule has 0 saturated carbocycles. The fourth-order valence-electron chi connectivity index (χ4n) is 18.9. The second-order valence-electron chi connectivity index (χ2n) is 36.0. The molecule has 4 saturated heterocycles. The molecule has 142 heavy (non-hydrogen) atoms. The first-order chi connectivity index (χ1) is 69.3. The number of rotatable bonds is 20. The number of aromatic nitrogens is 8. The van der Waals surface area contributed by atoms with Crippen LogP contribution in [0.5, 0.6) is 0 Å². The predicted molar refractivity (Wildman–Crippen MR) is 569 cm³/mol. The molecule has 4 aliphatic heterocycles. The molecule has 0 atom stereocenters. The molecular weight excluding hydrogens is 1880 g/mol. The fourth-order valence-corrected chi connectivity index (χ4v) is 19.7. The van der Waals surface area contributed by atoms with Gasteiger partial charge >= 0.3 is 0 Å². The van der Waals surface area contributed by atoms with Crippen LogP contribution >= 0.6 is 58.0 Å². The molecule has 0 radical (unpaired) electrons. The SMILES string of the molecule is CC(=O)N1CCN(Cc2c(-c3ccc(Cl)cc3)nc3ccc(-c4ccccc4)cn23)CC1.CCC(=O)N1CCN(Cc2c(-c3ccc(Cl)cc3)nc3ccc(-c4ccccc4)cn23)CC1.O=C(Cc1ccc(F)cc1)N1CCN(Cc2c(-c3ccc(Cl)cc3)nc3ccc(-c4ccccc4)cn23)CC1.O=C(c1ccccc1Cl)N1CCN(Cc2c(-c3ccc(Cl)cc3)nc3ccc(-c4ccccc4)cn23)CC1. The number of hydrogen-bond acceptors (Lipinski definition) is 12. The number of fused-ring (bicyclic) bond motifs is 4. The summed E-state index contributed by atoms with van der Waals surface area (Å²) in [5, 5.41) is 3.31. The van der Waals surface area contributed by atoms with Gasteiger partial charge in [0.25, 0.3) is 5.91 Å². The number of hydrogen-bond donors (Lipinski definition) is 0. The summed E-state index contributed by atoms with van der Waals surface area (Å²) in [4.78, 5) is 87.0. The van der Waals surface area contributed by atoms with Crippen molar-refractivity contribution in [2.75, 3.05) is 105 Å². The highest BCUT2D eigenvalue weighted by Crippen LogP contribution is 2.37. The van der Waals surface area contributed by atoms with Gasteiger partial charge in [0.15, 0.2) is 0 Å². The van der Waals surface area contributed by atoms with Gasteiger partial charge in [-0.1, -0.05) is 259 Å². The zero-order chi connectivity index (χ0) is 97.7. The number of imidazole rings is 4. The summed E-state index contributed by atoms with van der Waals surface area (Å²) in [6, 6.07) is 103. The summed E-state index contributed by atoms with van der Waals surface area (Å²) in [7, 11) is 0. The molecule has 8 aromatic heterocycles. The Labute approximate surface area is 850 Å². The van der Waals surface area contributed by atoms with Crippen molar-refractivity contribution in [3.8, 4) is 89.5 Å². The van der Waals surface area contributed by atoms with E-state index in [1.807, 2.05) is 172 Å². The van der Waals surface area contributed by atoms with Crippen LogP contribution in [0, 0.1) is 5.82 Å². The van der Waals surface area contributed by atoms with Crippen LogP contribution in [0.15, 0.2) is 340 Å². The van der Waals surface area contributed by atoms with Crippen molar-refractivity contribution in [2.45, 2.75) is 52.9 Å². The van der Waals surface area contributed by atoms with Crippen LogP contribution in [0.25, 0.3) is 112 Å². The average molecular weight is 1980 g/mol. The highest BCUT2D eigenvalue weighted by Gasteiger charge is 2.31. The van der Waals surface area contributed by atoms with Crippen LogP contribution in [0.3, 0.4) is 0 Å². The molecule has 10 aromatic carbocycles. The maximum Gasteiger partial charge on any atom is 0.255 e. The summed E-state index contributed by atoms with van der Waals surface area (Å²) in [6.07, 6.45) is 9.55. The van der Waals surface area contributed by atoms with E-state index in [9.17, 15) is 23.6 Å². The number of nitrogens with zero attached hydrogens (tertiary/aromatic N) is 16. The van der Waals surface area contributed by atoms with Gasteiger partial charge in [-0.2, -0.15) is 0 Å². The molecule has 0 bridgehead atoms. The zero-order valence-electron chi connectivity index (χ0n) is 78.9. The molecular formula is C116H106Cl5FN16O4. The van der Waals surface area contributed by atoms with E-state index in [1.54, 1.807) is 31.2 Å². The molecule has 0 spiro atoms. The Morgan fingerprint density at radius 2 is 0.535 bits per heavy atom. The van der Waals surface area contributed by atoms with E-state index in [0.29, 0.717) is 76.4 Å². The standard InChI is InChI=1S/C32H28ClFN4O.C31H26Cl2N4O.C27H27ClN4O.C26H25ClN4O/c33-27-11-8-25(9-12-27)32-29(38-21-26(10-15-30(38)35-32)24-4-2-1-3-5-24)22-36-16-18-37(19-17-36)31(39)20-23-6-13-28(34)14-7-23;32-25-13-10-23(11-14-25)30-28(37-20-24(12-15-29(37)34-30)22-6-2-1-3-7-22)21-35-16-18-36(19-17-35)31(38)26-8-4-5-9-27(26)33;1-2-26(33)31-16-14-30(15-17-31)19-24-27(21-8-11-23(28)12-9-21)29-25-13-10-22(18-32(24)25)20-6-4-3-5-7-20;1-19(32)30-15-13-29(14-16-30)18-24-26(21-7-10-23(27)11-8-21)28-25-12-9-22(17-31(24)25)20-5-3-2-4-6-20/h1-15,21H,16-20,22H2;1-15,20H,16-19,21H2;3-13,18H,2,14-17,19H2,1H3;2-12,17H,13-16,18H2,1H3. The van der Waals surface area contributed by atoms with Gasteiger partial charge in [0.1, 0.15) is 28.4 Å². The van der Waals surface area contributed by atoms with Crippen LogP contribution in [0.2, 0.25) is 25.1 Å². The van der Waals surface area contributed by atoms with E-state index in [-0.39, 0.29) is 35.9 Å². The lowest BCUT2D eigenvalue weighted by Crippen LogP contribution is -2.48. The number of benzene rings is 10. The van der Waals surface area contributed by atoms with Crippen molar-refractivity contribution in [3.05, 3.63) is 405 Å².